The van der Waals surface area contributed by atoms with E-state index in [0.717, 1.165) is 56.5 Å². The maximum absolute atomic E-state index is 5.65. The zero-order valence-corrected chi connectivity index (χ0v) is 20.7. The number of nitrogens with one attached hydrogen (secondary N) is 3. The first-order chi connectivity index (χ1) is 12.9. The molecule has 1 aromatic carbocycles. The average molecular weight is 506 g/mol. The number of nitrogens with zero attached hydrogens (tertiary/aromatic N) is 1. The van der Waals surface area contributed by atoms with E-state index in [9.17, 15) is 0 Å². The van der Waals surface area contributed by atoms with Crippen LogP contribution in [0.15, 0.2) is 23.2 Å². The van der Waals surface area contributed by atoms with Gasteiger partial charge in [-0.1, -0.05) is 6.07 Å². The fourth-order valence-corrected chi connectivity index (χ4v) is 2.58. The first-order valence-electron chi connectivity index (χ1n) is 9.96. The molecule has 0 amide bonds. The molecule has 7 heteroatoms. The van der Waals surface area contributed by atoms with E-state index < -0.39 is 0 Å². The number of rotatable bonds is 11. The van der Waals surface area contributed by atoms with Crippen LogP contribution in [0.3, 0.4) is 0 Å². The molecule has 0 bridgehead atoms. The highest BCUT2D eigenvalue weighted by Crippen LogP contribution is 2.28. The maximum atomic E-state index is 5.65. The minimum absolute atomic E-state index is 0. The second kappa shape index (κ2) is 14.7. The lowest BCUT2D eigenvalue weighted by Gasteiger charge is -2.21. The molecule has 1 aromatic rings. The van der Waals surface area contributed by atoms with Crippen LogP contribution in [-0.4, -0.2) is 51.4 Å². The fourth-order valence-electron chi connectivity index (χ4n) is 2.58. The van der Waals surface area contributed by atoms with Gasteiger partial charge in [-0.2, -0.15) is 0 Å². The summed E-state index contributed by atoms with van der Waals surface area (Å²) < 4.78 is 11.0. The molecule has 0 saturated carbocycles. The van der Waals surface area contributed by atoms with Gasteiger partial charge in [-0.05, 0) is 65.2 Å². The van der Waals surface area contributed by atoms with Gasteiger partial charge in [-0.3, -0.25) is 4.99 Å². The third-order valence-corrected chi connectivity index (χ3v) is 3.84. The Kier molecular flexibility index (Phi) is 14.1. The molecule has 0 radical (unpaired) electrons. The third-order valence-electron chi connectivity index (χ3n) is 3.84. The van der Waals surface area contributed by atoms with E-state index in [1.807, 2.05) is 13.0 Å². The molecule has 162 valence electrons. The molecule has 0 saturated heterocycles. The molecule has 6 nitrogen and oxygen atoms in total. The van der Waals surface area contributed by atoms with E-state index in [0.29, 0.717) is 6.61 Å². The summed E-state index contributed by atoms with van der Waals surface area (Å²) in [7, 11) is 1.67. The third kappa shape index (κ3) is 11.6. The molecule has 1 rings (SSSR count). The van der Waals surface area contributed by atoms with Crippen molar-refractivity contribution in [2.24, 2.45) is 4.99 Å². The zero-order valence-electron chi connectivity index (χ0n) is 18.4. The van der Waals surface area contributed by atoms with E-state index in [1.165, 1.54) is 5.56 Å². The van der Waals surface area contributed by atoms with Crippen molar-refractivity contribution in [2.45, 2.75) is 53.0 Å². The minimum Gasteiger partial charge on any atom is -0.493 e. The number of aryl methyl sites for hydroxylation is 1. The van der Waals surface area contributed by atoms with Gasteiger partial charge in [0.05, 0.1) is 13.7 Å². The molecule has 0 spiro atoms. The summed E-state index contributed by atoms with van der Waals surface area (Å²) in [6.07, 6.45) is 1.94. The second-order valence-corrected chi connectivity index (χ2v) is 7.39. The summed E-state index contributed by atoms with van der Waals surface area (Å²) in [6, 6.07) is 6.12. The first-order valence-corrected chi connectivity index (χ1v) is 9.96. The summed E-state index contributed by atoms with van der Waals surface area (Å²) in [5, 5.41) is 10.1. The summed E-state index contributed by atoms with van der Waals surface area (Å²) in [5.41, 5.74) is 1.37. The summed E-state index contributed by atoms with van der Waals surface area (Å²) in [5.74, 6) is 2.46. The quantitative estimate of drug-likeness (QED) is 0.185. The number of benzene rings is 1. The van der Waals surface area contributed by atoms with Gasteiger partial charge in [0, 0.05) is 31.7 Å². The van der Waals surface area contributed by atoms with Crippen LogP contribution in [0.4, 0.5) is 0 Å². The lowest BCUT2D eigenvalue weighted by atomic mass is 10.1. The number of guanidine groups is 1. The lowest BCUT2D eigenvalue weighted by Crippen LogP contribution is -2.44. The van der Waals surface area contributed by atoms with E-state index in [1.54, 1.807) is 7.11 Å². The van der Waals surface area contributed by atoms with Crippen molar-refractivity contribution in [2.75, 3.05) is 39.9 Å². The van der Waals surface area contributed by atoms with Crippen LogP contribution in [0.2, 0.25) is 0 Å². The fraction of sp³-hybridized carbons (Fsp3) is 0.667. The molecule has 0 heterocycles. The standard InChI is InChI=1S/C21H38N4O2.HI/c1-7-22-20(24-14-15-25-21(3,4)5)23-13-9-10-17-11-12-18(26-6)19(16-17)27-8-2;/h11-12,16,25H,7-10,13-15H2,1-6H3,(H2,22,23,24);1H. The number of halogens is 1. The van der Waals surface area contributed by atoms with Crippen LogP contribution in [0.25, 0.3) is 0 Å². The van der Waals surface area contributed by atoms with Gasteiger partial charge in [0.2, 0.25) is 0 Å². The van der Waals surface area contributed by atoms with Crippen molar-refractivity contribution >= 4 is 29.9 Å². The Morgan fingerprint density at radius 2 is 1.82 bits per heavy atom. The molecule has 0 aliphatic heterocycles. The Morgan fingerprint density at radius 3 is 2.43 bits per heavy atom. The smallest absolute Gasteiger partial charge is 0.191 e. The molecular weight excluding hydrogens is 467 g/mol. The van der Waals surface area contributed by atoms with E-state index >= 15 is 0 Å². The van der Waals surface area contributed by atoms with Gasteiger partial charge in [0.1, 0.15) is 0 Å². The molecule has 3 N–H and O–H groups in total. The highest BCUT2D eigenvalue weighted by Gasteiger charge is 2.08. The predicted molar refractivity (Wildman–Crippen MR) is 130 cm³/mol. The predicted octanol–water partition coefficient (Wildman–Crippen LogP) is 3.59. The minimum atomic E-state index is 0. The number of hydrogen-bond donors (Lipinski definition) is 3. The largest absolute Gasteiger partial charge is 0.493 e. The molecule has 0 unspecified atom stereocenters. The summed E-state index contributed by atoms with van der Waals surface area (Å²) >= 11 is 0. The number of hydrogen-bond acceptors (Lipinski definition) is 4. The average Bonchev–Trinajstić information content (AvgIpc) is 2.62. The van der Waals surface area contributed by atoms with E-state index in [2.05, 4.69) is 60.8 Å². The Labute approximate surface area is 188 Å². The SMILES string of the molecule is CCNC(=NCCCc1ccc(OC)c(OCC)c1)NCCNC(C)(C)C.I. The van der Waals surface area contributed by atoms with Crippen molar-refractivity contribution < 1.29 is 9.47 Å². The van der Waals surface area contributed by atoms with Crippen molar-refractivity contribution in [3.8, 4) is 11.5 Å². The molecule has 0 fully saturated rings. The van der Waals surface area contributed by atoms with E-state index in [4.69, 9.17) is 9.47 Å². The van der Waals surface area contributed by atoms with Crippen LogP contribution in [0.5, 0.6) is 11.5 Å². The first kappa shape index (κ1) is 26.8. The molecule has 0 aromatic heterocycles. The normalized spacial score (nSPS) is 11.6. The Bertz CT molecular complexity index is 574. The zero-order chi connectivity index (χ0) is 20.1. The van der Waals surface area contributed by atoms with Crippen LogP contribution >= 0.6 is 24.0 Å². The molecule has 28 heavy (non-hydrogen) atoms. The highest BCUT2D eigenvalue weighted by atomic mass is 127. The number of ether oxygens (including phenoxy) is 2. The van der Waals surface area contributed by atoms with Gasteiger partial charge in [-0.15, -0.1) is 24.0 Å². The Balaban J connectivity index is 0.00000729. The van der Waals surface area contributed by atoms with Crippen LogP contribution < -0.4 is 25.4 Å². The number of aliphatic imine (C=N–C) groups is 1. The molecular formula is C21H39IN4O2. The number of methoxy groups -OCH3 is 1. The van der Waals surface area contributed by atoms with Crippen molar-refractivity contribution in [1.29, 1.82) is 0 Å². The van der Waals surface area contributed by atoms with Gasteiger partial charge in [-0.25, -0.2) is 0 Å². The van der Waals surface area contributed by atoms with E-state index in [-0.39, 0.29) is 29.5 Å². The topological polar surface area (TPSA) is 66.9 Å². The molecule has 0 atom stereocenters. The summed E-state index contributed by atoms with van der Waals surface area (Å²) in [4.78, 5) is 4.67. The van der Waals surface area contributed by atoms with Gasteiger partial charge < -0.3 is 25.4 Å². The van der Waals surface area contributed by atoms with Crippen LogP contribution in [0, 0.1) is 0 Å². The molecule has 0 aliphatic rings. The maximum Gasteiger partial charge on any atom is 0.191 e. The Hall–Kier alpha value is -1.22. The van der Waals surface area contributed by atoms with Crippen LogP contribution in [-0.2, 0) is 6.42 Å². The van der Waals surface area contributed by atoms with Crippen molar-refractivity contribution in [3.05, 3.63) is 23.8 Å². The highest BCUT2D eigenvalue weighted by molar-refractivity contribution is 14.0. The van der Waals surface area contributed by atoms with Crippen molar-refractivity contribution in [3.63, 3.8) is 0 Å². The molecule has 0 aliphatic carbocycles. The van der Waals surface area contributed by atoms with Gasteiger partial charge >= 0.3 is 0 Å². The van der Waals surface area contributed by atoms with Gasteiger partial charge in [0.15, 0.2) is 17.5 Å². The van der Waals surface area contributed by atoms with Crippen LogP contribution in [0.1, 0.15) is 46.6 Å². The monoisotopic (exact) mass is 506 g/mol. The van der Waals surface area contributed by atoms with Gasteiger partial charge in [0.25, 0.3) is 0 Å². The van der Waals surface area contributed by atoms with Crippen molar-refractivity contribution in [1.82, 2.24) is 16.0 Å². The lowest BCUT2D eigenvalue weighted by molar-refractivity contribution is 0.310. The second-order valence-electron chi connectivity index (χ2n) is 7.39. The summed E-state index contributed by atoms with van der Waals surface area (Å²) in [6.45, 7) is 14.6. The Morgan fingerprint density at radius 1 is 1.07 bits per heavy atom.